The van der Waals surface area contributed by atoms with E-state index < -0.39 is 0 Å². The van der Waals surface area contributed by atoms with Crippen LogP contribution in [0.15, 0.2) is 24.3 Å². The van der Waals surface area contributed by atoms with Crippen LogP contribution in [0.4, 0.5) is 0 Å². The molecular weight excluding hydrogens is 206 g/mol. The maximum atomic E-state index is 6.14. The van der Waals surface area contributed by atoms with Crippen LogP contribution in [0, 0.1) is 0 Å². The Balaban J connectivity index is 2.73. The van der Waals surface area contributed by atoms with E-state index in [2.05, 4.69) is 39.1 Å². The average Bonchev–Trinajstić information content (AvgIpc) is 2.06. The smallest absolute Gasteiger partial charge is 0.0438 e. The minimum absolute atomic E-state index is 0.0825. The molecule has 0 saturated heterocycles. The van der Waals surface area contributed by atoms with E-state index in [1.807, 2.05) is 18.2 Å². The van der Waals surface area contributed by atoms with Crippen LogP contribution in [0.2, 0.25) is 5.02 Å². The predicted octanol–water partition coefficient (Wildman–Crippen LogP) is 3.66. The van der Waals surface area contributed by atoms with Gasteiger partial charge in [-0.3, -0.25) is 0 Å². The number of hydrogen-bond acceptors (Lipinski definition) is 1. The van der Waals surface area contributed by atoms with E-state index >= 15 is 0 Å². The van der Waals surface area contributed by atoms with Gasteiger partial charge in [-0.1, -0.05) is 43.6 Å². The molecule has 0 unspecified atom stereocenters. The third kappa shape index (κ3) is 4.23. The molecule has 1 aromatic rings. The van der Waals surface area contributed by atoms with Gasteiger partial charge in [-0.15, -0.1) is 0 Å². The summed E-state index contributed by atoms with van der Waals surface area (Å²) < 4.78 is 0. The van der Waals surface area contributed by atoms with Crippen molar-refractivity contribution in [2.24, 2.45) is 0 Å². The molecule has 1 nitrogen and oxygen atoms in total. The fourth-order valence-electron chi connectivity index (χ4n) is 1.95. The van der Waals surface area contributed by atoms with Crippen molar-refractivity contribution >= 4 is 11.6 Å². The first-order valence-corrected chi connectivity index (χ1v) is 5.79. The molecule has 0 aliphatic rings. The lowest BCUT2D eigenvalue weighted by atomic mass is 9.94. The highest BCUT2D eigenvalue weighted by Crippen LogP contribution is 2.20. The summed E-state index contributed by atoms with van der Waals surface area (Å²) in [6.45, 7) is 8.73. The summed E-state index contributed by atoms with van der Waals surface area (Å²) in [7, 11) is 0. The van der Waals surface area contributed by atoms with Crippen molar-refractivity contribution < 1.29 is 0 Å². The molecule has 0 aromatic heterocycles. The second kappa shape index (κ2) is 5.00. The van der Waals surface area contributed by atoms with Gasteiger partial charge >= 0.3 is 0 Å². The molecule has 15 heavy (non-hydrogen) atoms. The molecule has 2 heteroatoms. The van der Waals surface area contributed by atoms with E-state index in [9.17, 15) is 0 Å². The number of hydrogen-bond donors (Lipinski definition) is 1. The zero-order valence-corrected chi connectivity index (χ0v) is 10.7. The van der Waals surface area contributed by atoms with Gasteiger partial charge in [0.1, 0.15) is 0 Å². The average molecular weight is 226 g/mol. The third-order valence-corrected chi connectivity index (χ3v) is 2.64. The van der Waals surface area contributed by atoms with Crippen LogP contribution in [0.25, 0.3) is 0 Å². The maximum absolute atomic E-state index is 6.14. The molecule has 84 valence electrons. The van der Waals surface area contributed by atoms with Crippen LogP contribution in [0.1, 0.15) is 33.3 Å². The topological polar surface area (TPSA) is 12.0 Å². The standard InChI is InChI=1S/C13H20ClN/c1-10(2)15-13(3,4)9-11-7-5-6-8-12(11)14/h5-8,10,15H,9H2,1-4H3. The summed E-state index contributed by atoms with van der Waals surface area (Å²) in [4.78, 5) is 0. The second-order valence-electron chi connectivity index (χ2n) is 4.95. The maximum Gasteiger partial charge on any atom is 0.0438 e. The van der Waals surface area contributed by atoms with Gasteiger partial charge in [0.2, 0.25) is 0 Å². The van der Waals surface area contributed by atoms with Crippen molar-refractivity contribution in [3.63, 3.8) is 0 Å². The van der Waals surface area contributed by atoms with Crippen molar-refractivity contribution in [3.8, 4) is 0 Å². The van der Waals surface area contributed by atoms with Crippen molar-refractivity contribution in [2.45, 2.75) is 45.7 Å². The summed E-state index contributed by atoms with van der Waals surface area (Å²) in [6.07, 6.45) is 0.949. The summed E-state index contributed by atoms with van der Waals surface area (Å²) in [5.41, 5.74) is 1.29. The third-order valence-electron chi connectivity index (χ3n) is 2.27. The van der Waals surface area contributed by atoms with E-state index in [-0.39, 0.29) is 5.54 Å². The molecule has 0 aliphatic carbocycles. The molecule has 0 fully saturated rings. The SMILES string of the molecule is CC(C)NC(C)(C)Cc1ccccc1Cl. The van der Waals surface area contributed by atoms with Gasteiger partial charge in [0.05, 0.1) is 0 Å². The van der Waals surface area contributed by atoms with Crippen LogP contribution >= 0.6 is 11.6 Å². The van der Waals surface area contributed by atoms with Gasteiger partial charge in [-0.05, 0) is 31.9 Å². The first-order valence-electron chi connectivity index (χ1n) is 5.42. The fraction of sp³-hybridized carbons (Fsp3) is 0.538. The van der Waals surface area contributed by atoms with Crippen LogP contribution < -0.4 is 5.32 Å². The van der Waals surface area contributed by atoms with E-state index in [4.69, 9.17) is 11.6 Å². The van der Waals surface area contributed by atoms with Gasteiger partial charge < -0.3 is 5.32 Å². The molecule has 0 spiro atoms. The Bertz CT molecular complexity index is 318. The minimum atomic E-state index is 0.0825. The Morgan fingerprint density at radius 1 is 1.27 bits per heavy atom. The molecule has 1 N–H and O–H groups in total. The van der Waals surface area contributed by atoms with Crippen molar-refractivity contribution in [1.82, 2.24) is 5.32 Å². The summed E-state index contributed by atoms with van der Waals surface area (Å²) in [6, 6.07) is 8.53. The van der Waals surface area contributed by atoms with E-state index in [1.165, 1.54) is 5.56 Å². The lowest BCUT2D eigenvalue weighted by Gasteiger charge is -2.29. The summed E-state index contributed by atoms with van der Waals surface area (Å²) >= 11 is 6.14. The zero-order valence-electron chi connectivity index (χ0n) is 9.97. The van der Waals surface area contributed by atoms with Crippen molar-refractivity contribution in [2.75, 3.05) is 0 Å². The lowest BCUT2D eigenvalue weighted by molar-refractivity contribution is 0.353. The molecule has 0 aliphatic heterocycles. The molecule has 0 amide bonds. The first kappa shape index (κ1) is 12.5. The highest BCUT2D eigenvalue weighted by atomic mass is 35.5. The number of nitrogens with one attached hydrogen (secondary N) is 1. The largest absolute Gasteiger partial charge is 0.309 e. The minimum Gasteiger partial charge on any atom is -0.309 e. The monoisotopic (exact) mass is 225 g/mol. The Hall–Kier alpha value is -0.530. The second-order valence-corrected chi connectivity index (χ2v) is 5.36. The van der Waals surface area contributed by atoms with E-state index in [0.29, 0.717) is 6.04 Å². The molecule has 1 rings (SSSR count). The van der Waals surface area contributed by atoms with Crippen LogP contribution in [0.5, 0.6) is 0 Å². The van der Waals surface area contributed by atoms with E-state index in [0.717, 1.165) is 11.4 Å². The van der Waals surface area contributed by atoms with Gasteiger partial charge in [0.25, 0.3) is 0 Å². The summed E-state index contributed by atoms with van der Waals surface area (Å²) in [5.74, 6) is 0. The van der Waals surface area contributed by atoms with E-state index in [1.54, 1.807) is 0 Å². The first-order chi connectivity index (χ1) is 6.91. The summed E-state index contributed by atoms with van der Waals surface area (Å²) in [5, 5.41) is 4.39. The zero-order chi connectivity index (χ0) is 11.5. The van der Waals surface area contributed by atoms with Crippen LogP contribution in [0.3, 0.4) is 0 Å². The molecule has 0 bridgehead atoms. The highest BCUT2D eigenvalue weighted by Gasteiger charge is 2.19. The van der Waals surface area contributed by atoms with Gasteiger partial charge in [0.15, 0.2) is 0 Å². The number of benzene rings is 1. The normalized spacial score (nSPS) is 12.1. The predicted molar refractivity (Wildman–Crippen MR) is 67.5 cm³/mol. The molecule has 0 atom stereocenters. The number of rotatable bonds is 4. The Morgan fingerprint density at radius 3 is 2.40 bits per heavy atom. The van der Waals surface area contributed by atoms with Crippen molar-refractivity contribution in [3.05, 3.63) is 34.9 Å². The fourth-order valence-corrected chi connectivity index (χ4v) is 2.15. The Kier molecular flexibility index (Phi) is 4.18. The van der Waals surface area contributed by atoms with Crippen LogP contribution in [-0.2, 0) is 6.42 Å². The molecule has 0 radical (unpaired) electrons. The lowest BCUT2D eigenvalue weighted by Crippen LogP contribution is -2.45. The van der Waals surface area contributed by atoms with Gasteiger partial charge in [-0.2, -0.15) is 0 Å². The van der Waals surface area contributed by atoms with Crippen molar-refractivity contribution in [1.29, 1.82) is 0 Å². The molecule has 0 saturated carbocycles. The number of halogens is 1. The van der Waals surface area contributed by atoms with Crippen LogP contribution in [-0.4, -0.2) is 11.6 Å². The van der Waals surface area contributed by atoms with Gasteiger partial charge in [0, 0.05) is 16.6 Å². The molecular formula is C13H20ClN. The molecule has 0 heterocycles. The Labute approximate surface area is 97.8 Å². The highest BCUT2D eigenvalue weighted by molar-refractivity contribution is 6.31. The quantitative estimate of drug-likeness (QED) is 0.825. The Morgan fingerprint density at radius 2 is 1.87 bits per heavy atom. The van der Waals surface area contributed by atoms with Gasteiger partial charge in [-0.25, -0.2) is 0 Å². The molecule has 1 aromatic carbocycles.